The van der Waals surface area contributed by atoms with Crippen molar-refractivity contribution in [1.29, 1.82) is 0 Å². The third-order valence-corrected chi connectivity index (χ3v) is 15.2. The highest BCUT2D eigenvalue weighted by Gasteiger charge is 2.53. The molecule has 3 saturated heterocycles. The van der Waals surface area contributed by atoms with E-state index in [1.807, 2.05) is 0 Å². The Balaban J connectivity index is 1.35. The number of aliphatic hydroxyl groups is 11. The van der Waals surface area contributed by atoms with Crippen LogP contribution in [0.3, 0.4) is 0 Å². The zero-order valence-corrected chi connectivity index (χ0v) is 54.4. The molecule has 1 amide bonds. The summed E-state index contributed by atoms with van der Waals surface area (Å²) < 4.78 is 34.1. The van der Waals surface area contributed by atoms with Crippen LogP contribution in [-0.2, 0) is 33.2 Å². The molecule has 3 rings (SSSR count). The van der Waals surface area contributed by atoms with E-state index in [-0.39, 0.29) is 12.3 Å². The minimum Gasteiger partial charge on any atom is -0.394 e. The van der Waals surface area contributed by atoms with Crippen molar-refractivity contribution in [3.05, 3.63) is 170 Å². The lowest BCUT2D eigenvalue weighted by molar-refractivity contribution is -0.379. The molecule has 3 fully saturated rings. The third kappa shape index (κ3) is 34.0. The number of hydrogen-bond donors (Lipinski definition) is 12. The average molecular weight is 1290 g/mol. The number of allylic oxidation sites excluding steroid dienone is 27. The van der Waals surface area contributed by atoms with Gasteiger partial charge in [0.25, 0.3) is 0 Å². The summed E-state index contributed by atoms with van der Waals surface area (Å²) in [5, 5.41) is 120. The van der Waals surface area contributed by atoms with Crippen molar-refractivity contribution in [3.8, 4) is 0 Å². The molecule has 17 atom stereocenters. The highest BCUT2D eigenvalue weighted by Crippen LogP contribution is 2.33. The zero-order valence-electron chi connectivity index (χ0n) is 54.4. The number of unbranched alkanes of at least 4 members (excludes halogenated alkanes) is 5. The molecule has 3 aliphatic rings. The molecule has 19 nitrogen and oxygen atoms in total. The maximum absolute atomic E-state index is 13.3. The van der Waals surface area contributed by atoms with Crippen LogP contribution in [-0.4, -0.2) is 193 Å². The first-order valence-corrected chi connectivity index (χ1v) is 33.4. The second kappa shape index (κ2) is 52.4. The molecule has 0 saturated carbocycles. The fourth-order valence-corrected chi connectivity index (χ4v) is 9.82. The molecule has 518 valence electrons. The summed E-state index contributed by atoms with van der Waals surface area (Å²) in [6, 6.07) is -1.02. The van der Waals surface area contributed by atoms with Crippen LogP contribution in [0.5, 0.6) is 0 Å². The van der Waals surface area contributed by atoms with Gasteiger partial charge in [-0.15, -0.1) is 0 Å². The molecule has 0 bridgehead atoms. The van der Waals surface area contributed by atoms with Crippen molar-refractivity contribution in [2.24, 2.45) is 0 Å². The van der Waals surface area contributed by atoms with Crippen molar-refractivity contribution in [3.63, 3.8) is 0 Å². The van der Waals surface area contributed by atoms with Gasteiger partial charge in [0, 0.05) is 6.42 Å². The van der Waals surface area contributed by atoms with E-state index in [1.165, 1.54) is 0 Å². The summed E-state index contributed by atoms with van der Waals surface area (Å²) in [4.78, 5) is 13.3. The molecule has 17 unspecified atom stereocenters. The Morgan fingerprint density at radius 2 is 0.750 bits per heavy atom. The van der Waals surface area contributed by atoms with Gasteiger partial charge in [0.05, 0.1) is 38.6 Å². The molecule has 3 heterocycles. The zero-order chi connectivity index (χ0) is 66.8. The van der Waals surface area contributed by atoms with E-state index >= 15 is 0 Å². The van der Waals surface area contributed by atoms with E-state index < -0.39 is 131 Å². The van der Waals surface area contributed by atoms with Crippen LogP contribution in [0.1, 0.15) is 149 Å². The maximum atomic E-state index is 13.3. The quantitative estimate of drug-likeness (QED) is 0.0201. The lowest BCUT2D eigenvalue weighted by atomic mass is 9.96. The third-order valence-electron chi connectivity index (χ3n) is 15.2. The highest BCUT2D eigenvalue weighted by atomic mass is 16.8. The maximum Gasteiger partial charge on any atom is 0.220 e. The Kier molecular flexibility index (Phi) is 46.4. The van der Waals surface area contributed by atoms with Crippen LogP contribution in [0, 0.1) is 0 Å². The van der Waals surface area contributed by atoms with Gasteiger partial charge in [0.15, 0.2) is 18.9 Å². The fraction of sp³-hybridized carbons (Fsp3) is 0.603. The van der Waals surface area contributed by atoms with Gasteiger partial charge in [0.2, 0.25) is 5.91 Å². The van der Waals surface area contributed by atoms with Gasteiger partial charge in [-0.2, -0.15) is 0 Å². The van der Waals surface area contributed by atoms with Gasteiger partial charge in [-0.1, -0.05) is 197 Å². The Morgan fingerprint density at radius 3 is 1.17 bits per heavy atom. The van der Waals surface area contributed by atoms with Gasteiger partial charge in [0.1, 0.15) is 73.2 Å². The Bertz CT molecular complexity index is 2330. The second-order valence-electron chi connectivity index (χ2n) is 22.8. The van der Waals surface area contributed by atoms with Crippen molar-refractivity contribution >= 4 is 5.91 Å². The number of aliphatic hydroxyl groups excluding tert-OH is 11. The number of carbonyl (C=O) groups is 1. The lowest BCUT2D eigenvalue weighted by Gasteiger charge is -2.48. The molecular formula is C73H113NO18. The Labute approximate surface area is 547 Å². The molecule has 92 heavy (non-hydrogen) atoms. The Hall–Kier alpha value is -4.85. The monoisotopic (exact) mass is 1290 g/mol. The van der Waals surface area contributed by atoms with Crippen LogP contribution < -0.4 is 5.32 Å². The second-order valence-corrected chi connectivity index (χ2v) is 22.8. The number of nitrogens with one attached hydrogen (secondary N) is 1. The topological polar surface area (TPSA) is 307 Å². The lowest BCUT2D eigenvalue weighted by Crippen LogP contribution is -2.66. The number of carbonyl (C=O) groups excluding carboxylic acids is 1. The van der Waals surface area contributed by atoms with Crippen LogP contribution in [0.15, 0.2) is 170 Å². The van der Waals surface area contributed by atoms with E-state index in [2.05, 4.69) is 177 Å². The molecule has 0 aromatic carbocycles. The molecule has 19 heteroatoms. The first-order valence-electron chi connectivity index (χ1n) is 33.4. The molecule has 3 aliphatic heterocycles. The predicted octanol–water partition coefficient (Wildman–Crippen LogP) is 8.32. The molecule has 0 aromatic heterocycles. The predicted molar refractivity (Wildman–Crippen MR) is 359 cm³/mol. The molecule has 12 N–H and O–H groups in total. The summed E-state index contributed by atoms with van der Waals surface area (Å²) in [5.74, 6) is -0.341. The minimum absolute atomic E-state index is 0.167. The minimum atomic E-state index is -1.99. The molecule has 0 aromatic rings. The largest absolute Gasteiger partial charge is 0.394 e. The van der Waals surface area contributed by atoms with E-state index in [9.17, 15) is 61.0 Å². The summed E-state index contributed by atoms with van der Waals surface area (Å²) in [6.45, 7) is 1.42. The van der Waals surface area contributed by atoms with E-state index in [0.717, 1.165) is 116 Å². The number of rotatable bonds is 47. The molecule has 0 aliphatic carbocycles. The van der Waals surface area contributed by atoms with Crippen LogP contribution in [0.25, 0.3) is 0 Å². The van der Waals surface area contributed by atoms with Gasteiger partial charge in [-0.25, -0.2) is 0 Å². The molecule has 0 spiro atoms. The van der Waals surface area contributed by atoms with E-state index in [4.69, 9.17) is 28.4 Å². The van der Waals surface area contributed by atoms with Gasteiger partial charge >= 0.3 is 0 Å². The number of hydrogen-bond acceptors (Lipinski definition) is 18. The summed E-state index contributed by atoms with van der Waals surface area (Å²) in [5.41, 5.74) is 0. The normalized spacial score (nSPS) is 28.8. The van der Waals surface area contributed by atoms with Gasteiger partial charge in [-0.05, 0) is 116 Å². The smallest absolute Gasteiger partial charge is 0.220 e. The number of amides is 1. The summed E-state index contributed by atoms with van der Waals surface area (Å²) in [7, 11) is 0. The average Bonchev–Trinajstić information content (AvgIpc) is 0.830. The first kappa shape index (κ1) is 81.4. The standard InChI is InChI=1S/C73H113NO18/c1-3-5-7-9-11-13-14-15-16-17-18-19-20-21-22-23-24-25-26-27-28-29-30-31-32-33-34-35-36-37-38-39-40-41-42-43-45-47-49-51-61(79)74-56(57(78)50-48-46-44-12-10-8-6-4-2)55-87-71-67(85)64(82)69(59(53-76)89-71)92-73-68(86)65(83)70(60(54-77)90-73)91-72-66(84)63(81)62(80)58(52-75)88-72/h5,7,10-13,15-16,18-19,21-22,24-25,27-28,30-31,33-34,36-37,39-40,42-43,48,50,56-60,62-73,75-78,80-86H,3-4,6,8-9,14,17,20,23,26,29,32,35,38,41,44-47,49,51-55H2,1-2H3,(H,74,79)/b7-5-,12-10+,13-11-,16-15-,19-18-,22-21-,25-24-,28-27-,31-30-,34-33-,37-36-,40-39-,43-42-,50-48+. The summed E-state index contributed by atoms with van der Waals surface area (Å²) in [6.07, 6.45) is 51.1. The Morgan fingerprint density at radius 1 is 0.402 bits per heavy atom. The van der Waals surface area contributed by atoms with Crippen molar-refractivity contribution in [1.82, 2.24) is 5.32 Å². The van der Waals surface area contributed by atoms with Crippen molar-refractivity contribution in [2.75, 3.05) is 26.4 Å². The van der Waals surface area contributed by atoms with E-state index in [1.54, 1.807) is 12.2 Å². The summed E-state index contributed by atoms with van der Waals surface area (Å²) >= 11 is 0. The number of ether oxygens (including phenoxy) is 6. The molecule has 0 radical (unpaired) electrons. The van der Waals surface area contributed by atoms with Crippen LogP contribution in [0.4, 0.5) is 0 Å². The van der Waals surface area contributed by atoms with Gasteiger partial charge < -0.3 is 89.9 Å². The first-order chi connectivity index (χ1) is 44.8. The SMILES string of the molecule is CC/C=C\C/C=C\C/C=C\C/C=C\C/C=C\C/C=C\C/C=C\C/C=C\C/C=C\C/C=C\C/C=C\C/C=C\CCCCC(=O)NC(COC1OC(CO)C(OC2OC(CO)C(OC3OC(CO)C(O)C(O)C3O)C(O)C2O)C(O)C1O)C(O)/C=C/CC/C=C/CCCC. The van der Waals surface area contributed by atoms with Crippen molar-refractivity contribution < 1.29 is 89.4 Å². The fourth-order valence-electron chi connectivity index (χ4n) is 9.82. The van der Waals surface area contributed by atoms with E-state index in [0.29, 0.717) is 12.8 Å². The highest BCUT2D eigenvalue weighted by molar-refractivity contribution is 5.76. The van der Waals surface area contributed by atoms with Crippen molar-refractivity contribution in [2.45, 2.75) is 253 Å². The van der Waals surface area contributed by atoms with Crippen LogP contribution >= 0.6 is 0 Å². The van der Waals surface area contributed by atoms with Gasteiger partial charge in [-0.3, -0.25) is 4.79 Å². The molecular weight excluding hydrogens is 1180 g/mol. The van der Waals surface area contributed by atoms with Crippen LogP contribution in [0.2, 0.25) is 0 Å².